The number of anilines is 1. The third-order valence-electron chi connectivity index (χ3n) is 4.33. The second-order valence-electron chi connectivity index (χ2n) is 6.18. The molecule has 1 fully saturated rings. The molecule has 0 unspecified atom stereocenters. The molecule has 1 N–H and O–H groups in total. The van der Waals surface area contributed by atoms with Crippen LogP contribution in [0.3, 0.4) is 0 Å². The van der Waals surface area contributed by atoms with Crippen LogP contribution in [0, 0.1) is 0 Å². The van der Waals surface area contributed by atoms with Gasteiger partial charge in [0.25, 0.3) is 0 Å². The predicted octanol–water partition coefficient (Wildman–Crippen LogP) is 4.37. The molecule has 0 aliphatic carbocycles. The van der Waals surface area contributed by atoms with E-state index in [1.54, 1.807) is 11.2 Å². The lowest BCUT2D eigenvalue weighted by Gasteiger charge is -2.19. The minimum Gasteiger partial charge on any atom is -0.464 e. The van der Waals surface area contributed by atoms with Gasteiger partial charge in [-0.05, 0) is 62.1 Å². The topological polar surface area (TPSA) is 54.7 Å². The molecular weight excluding hydrogens is 304 g/mol. The number of carbonyl (C=O) groups excluding carboxylic acids is 1. The lowest BCUT2D eigenvalue weighted by molar-refractivity contribution is 0.101. The summed E-state index contributed by atoms with van der Waals surface area (Å²) in [5, 5.41) is 2.92. The van der Waals surface area contributed by atoms with Gasteiger partial charge >= 0.3 is 6.03 Å². The van der Waals surface area contributed by atoms with Crippen LogP contribution in [0.5, 0.6) is 0 Å². The van der Waals surface area contributed by atoms with Gasteiger partial charge in [0.05, 0.1) is 12.4 Å². The number of rotatable bonds is 6. The van der Waals surface area contributed by atoms with E-state index < -0.39 is 0 Å². The number of carbonyl (C=O) groups is 1. The molecule has 5 nitrogen and oxygen atoms in total. The molecule has 2 aromatic rings. The number of amides is 2. The van der Waals surface area contributed by atoms with Gasteiger partial charge in [-0.25, -0.2) is 4.79 Å². The van der Waals surface area contributed by atoms with Gasteiger partial charge in [-0.2, -0.15) is 0 Å². The fourth-order valence-corrected chi connectivity index (χ4v) is 2.91. The zero-order chi connectivity index (χ0) is 16.8. The molecule has 1 aliphatic rings. The highest BCUT2D eigenvalue weighted by Crippen LogP contribution is 2.22. The van der Waals surface area contributed by atoms with E-state index in [-0.39, 0.29) is 6.03 Å². The number of benzene rings is 1. The van der Waals surface area contributed by atoms with Crippen molar-refractivity contribution in [2.45, 2.75) is 31.8 Å². The molecule has 5 heteroatoms. The van der Waals surface area contributed by atoms with E-state index in [4.69, 9.17) is 9.15 Å². The second-order valence-corrected chi connectivity index (χ2v) is 6.18. The van der Waals surface area contributed by atoms with E-state index in [1.165, 1.54) is 0 Å². The maximum Gasteiger partial charge on any atom is 0.321 e. The van der Waals surface area contributed by atoms with Crippen molar-refractivity contribution in [1.82, 2.24) is 4.90 Å². The number of nitrogens with one attached hydrogen (secondary N) is 1. The summed E-state index contributed by atoms with van der Waals surface area (Å²) in [5.74, 6) is 0.819. The van der Waals surface area contributed by atoms with Crippen LogP contribution in [0.4, 0.5) is 10.5 Å². The first kappa shape index (κ1) is 16.6. The molecule has 3 rings (SSSR count). The number of ether oxygens (including phenoxy) is 1. The van der Waals surface area contributed by atoms with Gasteiger partial charge in [0.2, 0.25) is 0 Å². The van der Waals surface area contributed by atoms with Crippen LogP contribution in [-0.2, 0) is 4.74 Å². The molecule has 1 aromatic carbocycles. The van der Waals surface area contributed by atoms with E-state index in [0.29, 0.717) is 6.10 Å². The van der Waals surface area contributed by atoms with E-state index in [9.17, 15) is 4.79 Å². The third-order valence-corrected chi connectivity index (χ3v) is 4.33. The summed E-state index contributed by atoms with van der Waals surface area (Å²) in [6.07, 6.45) is 6.33. The Labute approximate surface area is 142 Å². The Kier molecular flexibility index (Phi) is 5.54. The van der Waals surface area contributed by atoms with Crippen LogP contribution in [0.25, 0.3) is 11.3 Å². The van der Waals surface area contributed by atoms with Gasteiger partial charge < -0.3 is 19.4 Å². The molecular formula is C19H24N2O3. The van der Waals surface area contributed by atoms with Crippen molar-refractivity contribution in [2.75, 3.05) is 25.5 Å². The van der Waals surface area contributed by atoms with Crippen molar-refractivity contribution in [1.29, 1.82) is 0 Å². The molecule has 0 bridgehead atoms. The Hall–Kier alpha value is -2.27. The standard InChI is InChI=1S/C19H24N2O3/c1-21(12-2-5-17-6-3-13-23-17)19(22)20-16-10-8-15(9-11-16)18-7-4-14-24-18/h4,7-11,14,17H,2-3,5-6,12-13H2,1H3,(H,20,22)/t17-/m0/s1. The first-order valence-corrected chi connectivity index (χ1v) is 8.50. The maximum absolute atomic E-state index is 12.2. The molecule has 0 saturated carbocycles. The molecule has 128 valence electrons. The van der Waals surface area contributed by atoms with Crippen LogP contribution in [0.2, 0.25) is 0 Å². The Balaban J connectivity index is 1.45. The van der Waals surface area contributed by atoms with E-state index in [0.717, 1.165) is 55.8 Å². The van der Waals surface area contributed by atoms with Crippen molar-refractivity contribution in [3.05, 3.63) is 42.7 Å². The normalized spacial score (nSPS) is 17.0. The van der Waals surface area contributed by atoms with E-state index in [1.807, 2.05) is 43.4 Å². The minimum absolute atomic E-state index is 0.0897. The van der Waals surface area contributed by atoms with Crippen LogP contribution in [-0.4, -0.2) is 37.2 Å². The van der Waals surface area contributed by atoms with Gasteiger partial charge in [-0.1, -0.05) is 0 Å². The Morgan fingerprint density at radius 3 is 2.79 bits per heavy atom. The highest BCUT2D eigenvalue weighted by molar-refractivity contribution is 5.89. The van der Waals surface area contributed by atoms with Crippen molar-refractivity contribution in [3.63, 3.8) is 0 Å². The summed E-state index contributed by atoms with van der Waals surface area (Å²) in [4.78, 5) is 13.9. The van der Waals surface area contributed by atoms with Gasteiger partial charge in [0.15, 0.2) is 0 Å². The Morgan fingerprint density at radius 1 is 1.29 bits per heavy atom. The summed E-state index contributed by atoms with van der Waals surface area (Å²) in [5.41, 5.74) is 1.77. The Bertz CT molecular complexity index is 631. The molecule has 2 amide bonds. The summed E-state index contributed by atoms with van der Waals surface area (Å²) >= 11 is 0. The molecule has 24 heavy (non-hydrogen) atoms. The largest absolute Gasteiger partial charge is 0.464 e. The number of nitrogens with zero attached hydrogens (tertiary/aromatic N) is 1. The predicted molar refractivity (Wildman–Crippen MR) is 94.0 cm³/mol. The first-order valence-electron chi connectivity index (χ1n) is 8.50. The fraction of sp³-hybridized carbons (Fsp3) is 0.421. The summed E-state index contributed by atoms with van der Waals surface area (Å²) in [7, 11) is 1.82. The first-order chi connectivity index (χ1) is 11.7. The van der Waals surface area contributed by atoms with Gasteiger partial charge in [0.1, 0.15) is 5.76 Å². The zero-order valence-corrected chi connectivity index (χ0v) is 14.0. The molecule has 0 spiro atoms. The van der Waals surface area contributed by atoms with Gasteiger partial charge in [-0.15, -0.1) is 0 Å². The monoisotopic (exact) mass is 328 g/mol. The zero-order valence-electron chi connectivity index (χ0n) is 14.0. The van der Waals surface area contributed by atoms with Crippen molar-refractivity contribution < 1.29 is 13.9 Å². The molecule has 1 saturated heterocycles. The van der Waals surface area contributed by atoms with Crippen LogP contribution in [0.15, 0.2) is 47.1 Å². The average Bonchev–Trinajstić information content (AvgIpc) is 3.29. The smallest absolute Gasteiger partial charge is 0.321 e. The van der Waals surface area contributed by atoms with Gasteiger partial charge in [-0.3, -0.25) is 0 Å². The van der Waals surface area contributed by atoms with Crippen LogP contribution >= 0.6 is 0 Å². The third kappa shape index (κ3) is 4.38. The number of hydrogen-bond donors (Lipinski definition) is 1. The van der Waals surface area contributed by atoms with E-state index >= 15 is 0 Å². The fourth-order valence-electron chi connectivity index (χ4n) is 2.91. The maximum atomic E-state index is 12.2. The number of hydrogen-bond acceptors (Lipinski definition) is 3. The number of urea groups is 1. The van der Waals surface area contributed by atoms with Crippen LogP contribution in [0.1, 0.15) is 25.7 Å². The van der Waals surface area contributed by atoms with E-state index in [2.05, 4.69) is 5.32 Å². The second kappa shape index (κ2) is 8.02. The average molecular weight is 328 g/mol. The lowest BCUT2D eigenvalue weighted by atomic mass is 10.1. The van der Waals surface area contributed by atoms with Gasteiger partial charge in [0, 0.05) is 31.5 Å². The van der Waals surface area contributed by atoms with Crippen molar-refractivity contribution in [3.8, 4) is 11.3 Å². The van der Waals surface area contributed by atoms with Crippen LogP contribution < -0.4 is 5.32 Å². The molecule has 2 heterocycles. The summed E-state index contributed by atoms with van der Waals surface area (Å²) in [6, 6.07) is 11.3. The summed E-state index contributed by atoms with van der Waals surface area (Å²) < 4.78 is 11.0. The highest BCUT2D eigenvalue weighted by atomic mass is 16.5. The quantitative estimate of drug-likeness (QED) is 0.856. The number of furan rings is 1. The SMILES string of the molecule is CN(CCC[C@H]1CCCO1)C(=O)Nc1ccc(-c2ccco2)cc1. The Morgan fingerprint density at radius 2 is 2.12 bits per heavy atom. The molecule has 0 radical (unpaired) electrons. The lowest BCUT2D eigenvalue weighted by Crippen LogP contribution is -2.32. The summed E-state index contributed by atoms with van der Waals surface area (Å²) in [6.45, 7) is 1.62. The molecule has 1 atom stereocenters. The van der Waals surface area contributed by atoms with Crippen molar-refractivity contribution in [2.24, 2.45) is 0 Å². The van der Waals surface area contributed by atoms with Crippen molar-refractivity contribution >= 4 is 11.7 Å². The molecule has 1 aromatic heterocycles. The molecule has 1 aliphatic heterocycles. The minimum atomic E-state index is -0.0897. The highest BCUT2D eigenvalue weighted by Gasteiger charge is 2.16.